The average molecular weight is 793 g/mol. The van der Waals surface area contributed by atoms with E-state index in [0.717, 1.165) is 70.6 Å². The van der Waals surface area contributed by atoms with Crippen LogP contribution in [0.5, 0.6) is 0 Å². The third-order valence-corrected chi connectivity index (χ3v) is 9.98. The quantitative estimate of drug-likeness (QED) is 0.0275. The van der Waals surface area contributed by atoms with Crippen LogP contribution in [0.2, 0.25) is 0 Å². The van der Waals surface area contributed by atoms with Gasteiger partial charge in [0.2, 0.25) is 0 Å². The average Bonchev–Trinajstić information content (AvgIpc) is 3.19. The predicted molar refractivity (Wildman–Crippen MR) is 224 cm³/mol. The minimum atomic E-state index is -1.60. The first-order chi connectivity index (χ1) is 27.3. The maximum Gasteiger partial charge on any atom is 0.306 e. The van der Waals surface area contributed by atoms with Crippen molar-refractivity contribution in [3.05, 3.63) is 48.6 Å². The number of rotatable bonds is 36. The molecule has 0 aromatic rings. The zero-order valence-corrected chi connectivity index (χ0v) is 35.1. The number of ether oxygens (including phenoxy) is 4. The van der Waals surface area contributed by atoms with Crippen LogP contribution in [0.15, 0.2) is 48.6 Å². The summed E-state index contributed by atoms with van der Waals surface area (Å²) in [6, 6.07) is 0. The predicted octanol–water partition coefficient (Wildman–Crippen LogP) is 9.27. The molecule has 1 rings (SSSR count). The largest absolute Gasteiger partial charge is 0.462 e. The number of unbranched alkanes of at least 4 members (excludes halogenated alkanes) is 17. The molecule has 0 aromatic heterocycles. The number of allylic oxidation sites excluding steroid dienone is 8. The Morgan fingerprint density at radius 2 is 1.05 bits per heavy atom. The van der Waals surface area contributed by atoms with Crippen molar-refractivity contribution in [2.24, 2.45) is 0 Å². The molecule has 6 atom stereocenters. The summed E-state index contributed by atoms with van der Waals surface area (Å²) in [5, 5.41) is 40.0. The first-order valence-corrected chi connectivity index (χ1v) is 22.2. The second-order valence-corrected chi connectivity index (χ2v) is 15.1. The molecule has 10 nitrogen and oxygen atoms in total. The molecule has 0 spiro atoms. The molecule has 6 unspecified atom stereocenters. The van der Waals surface area contributed by atoms with E-state index in [1.54, 1.807) is 0 Å². The number of hydrogen-bond donors (Lipinski definition) is 4. The molecule has 1 aliphatic rings. The van der Waals surface area contributed by atoms with E-state index in [1.165, 1.54) is 70.6 Å². The van der Waals surface area contributed by atoms with Crippen LogP contribution in [-0.2, 0) is 28.5 Å². The van der Waals surface area contributed by atoms with Crippen LogP contribution in [0.1, 0.15) is 174 Å². The Balaban J connectivity index is 2.36. The Morgan fingerprint density at radius 1 is 0.571 bits per heavy atom. The molecule has 0 saturated carbocycles. The molecule has 10 heteroatoms. The molecule has 56 heavy (non-hydrogen) atoms. The zero-order valence-electron chi connectivity index (χ0n) is 35.1. The Morgan fingerprint density at radius 3 is 1.59 bits per heavy atom. The van der Waals surface area contributed by atoms with Crippen LogP contribution < -0.4 is 0 Å². The fraction of sp³-hybridized carbons (Fsp3) is 0.783. The summed E-state index contributed by atoms with van der Waals surface area (Å²) < 4.78 is 22.1. The second-order valence-electron chi connectivity index (χ2n) is 15.1. The van der Waals surface area contributed by atoms with Gasteiger partial charge in [-0.2, -0.15) is 0 Å². The molecule has 0 aliphatic carbocycles. The van der Waals surface area contributed by atoms with Crippen LogP contribution in [0.25, 0.3) is 0 Å². The highest BCUT2D eigenvalue weighted by molar-refractivity contribution is 5.70. The molecule has 0 radical (unpaired) electrons. The molecule has 0 bridgehead atoms. The van der Waals surface area contributed by atoms with E-state index in [2.05, 4.69) is 62.5 Å². The lowest BCUT2D eigenvalue weighted by molar-refractivity contribution is -0.305. The molecule has 1 fully saturated rings. The number of aliphatic hydroxyl groups is 4. The summed E-state index contributed by atoms with van der Waals surface area (Å²) in [5.74, 6) is -0.833. The molecule has 1 saturated heterocycles. The molecular formula is C46H80O10. The van der Waals surface area contributed by atoms with E-state index in [0.29, 0.717) is 6.42 Å². The van der Waals surface area contributed by atoms with Crippen LogP contribution in [0, 0.1) is 0 Å². The maximum absolute atomic E-state index is 12.8. The van der Waals surface area contributed by atoms with Gasteiger partial charge in [0.05, 0.1) is 13.2 Å². The molecular weight excluding hydrogens is 712 g/mol. The van der Waals surface area contributed by atoms with Crippen molar-refractivity contribution in [2.75, 3.05) is 19.8 Å². The van der Waals surface area contributed by atoms with Gasteiger partial charge in [-0.15, -0.1) is 0 Å². The van der Waals surface area contributed by atoms with Crippen molar-refractivity contribution < 1.29 is 49.0 Å². The topological polar surface area (TPSA) is 152 Å². The van der Waals surface area contributed by atoms with Crippen molar-refractivity contribution in [1.29, 1.82) is 0 Å². The van der Waals surface area contributed by atoms with Gasteiger partial charge in [0, 0.05) is 12.8 Å². The summed E-state index contributed by atoms with van der Waals surface area (Å²) in [6.07, 6.45) is 35.4. The van der Waals surface area contributed by atoms with Gasteiger partial charge in [-0.25, -0.2) is 0 Å². The molecule has 1 aliphatic heterocycles. The summed E-state index contributed by atoms with van der Waals surface area (Å²) >= 11 is 0. The fourth-order valence-electron chi connectivity index (χ4n) is 6.47. The molecule has 0 amide bonds. The lowest BCUT2D eigenvalue weighted by Crippen LogP contribution is -2.59. The van der Waals surface area contributed by atoms with Gasteiger partial charge in [-0.3, -0.25) is 9.59 Å². The third-order valence-electron chi connectivity index (χ3n) is 9.98. The van der Waals surface area contributed by atoms with Crippen molar-refractivity contribution in [2.45, 2.75) is 211 Å². The first-order valence-electron chi connectivity index (χ1n) is 22.2. The minimum absolute atomic E-state index is 0.202. The Labute approximate surface area is 339 Å². The monoisotopic (exact) mass is 793 g/mol. The SMILES string of the molecule is CC/C=C\C/C=C\C/C=C\C/C=C\CCCCCCC(=O)OC(COC(=O)CCCCCCCCCCCCCCCC)COC1OC(CO)C(O)C(O)C1O. The van der Waals surface area contributed by atoms with Crippen molar-refractivity contribution >= 4 is 11.9 Å². The smallest absolute Gasteiger partial charge is 0.306 e. The highest BCUT2D eigenvalue weighted by atomic mass is 16.7. The Kier molecular flexibility index (Phi) is 34.1. The minimum Gasteiger partial charge on any atom is -0.462 e. The molecule has 324 valence electrons. The lowest BCUT2D eigenvalue weighted by Gasteiger charge is -2.39. The summed E-state index contributed by atoms with van der Waals surface area (Å²) in [4.78, 5) is 25.3. The number of hydrogen-bond acceptors (Lipinski definition) is 10. The number of esters is 2. The van der Waals surface area contributed by atoms with Gasteiger partial charge in [0.25, 0.3) is 0 Å². The molecule has 4 N–H and O–H groups in total. The third kappa shape index (κ3) is 28.1. The Bertz CT molecular complexity index is 1050. The van der Waals surface area contributed by atoms with E-state index >= 15 is 0 Å². The second kappa shape index (κ2) is 37.0. The van der Waals surface area contributed by atoms with Gasteiger partial charge in [0.1, 0.15) is 31.0 Å². The molecule has 1 heterocycles. The zero-order chi connectivity index (χ0) is 40.9. The highest BCUT2D eigenvalue weighted by Gasteiger charge is 2.44. The Hall–Kier alpha value is -2.34. The standard InChI is InChI=1S/C46H80O10/c1-3-5-7-9-11-13-15-17-19-20-21-23-25-27-29-31-33-35-42(49)55-39(38-54-46-45(52)44(51)43(50)40(36-47)56-46)37-53-41(48)34-32-30-28-26-24-22-18-16-14-12-10-8-6-4-2/h5,7,11,13,17,19,21,23,39-40,43-47,50-52H,3-4,6,8-10,12,14-16,18,20,22,24-38H2,1-2H3/b7-5-,13-11-,19-17-,23-21-. The summed E-state index contributed by atoms with van der Waals surface area (Å²) in [7, 11) is 0. The number of carbonyl (C=O) groups excluding carboxylic acids is 2. The van der Waals surface area contributed by atoms with Gasteiger partial charge in [-0.1, -0.05) is 159 Å². The van der Waals surface area contributed by atoms with E-state index in [9.17, 15) is 30.0 Å². The van der Waals surface area contributed by atoms with Crippen LogP contribution in [-0.4, -0.2) is 89.0 Å². The lowest BCUT2D eigenvalue weighted by atomic mass is 9.99. The van der Waals surface area contributed by atoms with E-state index in [1.807, 2.05) is 0 Å². The molecule has 0 aromatic carbocycles. The van der Waals surface area contributed by atoms with Crippen molar-refractivity contribution in [3.8, 4) is 0 Å². The van der Waals surface area contributed by atoms with E-state index in [-0.39, 0.29) is 32.0 Å². The van der Waals surface area contributed by atoms with E-state index < -0.39 is 49.4 Å². The number of aliphatic hydroxyl groups excluding tert-OH is 4. The normalized spacial score (nSPS) is 20.9. The van der Waals surface area contributed by atoms with Gasteiger partial charge < -0.3 is 39.4 Å². The van der Waals surface area contributed by atoms with Crippen LogP contribution in [0.4, 0.5) is 0 Å². The van der Waals surface area contributed by atoms with Gasteiger partial charge >= 0.3 is 11.9 Å². The van der Waals surface area contributed by atoms with Gasteiger partial charge in [-0.05, 0) is 51.4 Å². The van der Waals surface area contributed by atoms with Crippen molar-refractivity contribution in [1.82, 2.24) is 0 Å². The van der Waals surface area contributed by atoms with Gasteiger partial charge in [0.15, 0.2) is 12.4 Å². The first kappa shape index (κ1) is 51.7. The highest BCUT2D eigenvalue weighted by Crippen LogP contribution is 2.22. The van der Waals surface area contributed by atoms with E-state index in [4.69, 9.17) is 18.9 Å². The van der Waals surface area contributed by atoms with Crippen LogP contribution in [0.3, 0.4) is 0 Å². The number of carbonyl (C=O) groups is 2. The fourth-order valence-corrected chi connectivity index (χ4v) is 6.47. The van der Waals surface area contributed by atoms with Crippen molar-refractivity contribution in [3.63, 3.8) is 0 Å². The summed E-state index contributed by atoms with van der Waals surface area (Å²) in [5.41, 5.74) is 0. The summed E-state index contributed by atoms with van der Waals surface area (Å²) in [6.45, 7) is 3.28. The maximum atomic E-state index is 12.8. The van der Waals surface area contributed by atoms with Crippen LogP contribution >= 0.6 is 0 Å².